The van der Waals surface area contributed by atoms with E-state index in [-0.39, 0.29) is 18.2 Å². The SMILES string of the molecule is CCCC(OCC)C(N)c1ccc(OC(C)C)cc1. The van der Waals surface area contributed by atoms with Crippen molar-refractivity contribution in [3.63, 3.8) is 0 Å². The zero-order valence-electron chi connectivity index (χ0n) is 12.6. The van der Waals surface area contributed by atoms with Crippen LogP contribution in [0.4, 0.5) is 0 Å². The van der Waals surface area contributed by atoms with Crippen LogP contribution in [0.15, 0.2) is 24.3 Å². The van der Waals surface area contributed by atoms with Gasteiger partial charge in [-0.3, -0.25) is 0 Å². The molecule has 1 aromatic rings. The molecule has 0 aliphatic rings. The lowest BCUT2D eigenvalue weighted by Gasteiger charge is -2.24. The fourth-order valence-electron chi connectivity index (χ4n) is 2.12. The average Bonchev–Trinajstić information content (AvgIpc) is 2.38. The molecule has 3 nitrogen and oxygen atoms in total. The van der Waals surface area contributed by atoms with E-state index in [9.17, 15) is 0 Å². The summed E-state index contributed by atoms with van der Waals surface area (Å²) in [6, 6.07) is 7.94. The third-order valence-corrected chi connectivity index (χ3v) is 2.99. The Morgan fingerprint density at radius 3 is 2.21 bits per heavy atom. The van der Waals surface area contributed by atoms with Crippen molar-refractivity contribution in [1.29, 1.82) is 0 Å². The van der Waals surface area contributed by atoms with Crippen LogP contribution >= 0.6 is 0 Å². The number of ether oxygens (including phenoxy) is 2. The van der Waals surface area contributed by atoms with Gasteiger partial charge in [0.2, 0.25) is 0 Å². The van der Waals surface area contributed by atoms with E-state index >= 15 is 0 Å². The lowest BCUT2D eigenvalue weighted by Crippen LogP contribution is -2.29. The van der Waals surface area contributed by atoms with E-state index in [4.69, 9.17) is 15.2 Å². The van der Waals surface area contributed by atoms with Crippen molar-refractivity contribution in [3.8, 4) is 5.75 Å². The van der Waals surface area contributed by atoms with Gasteiger partial charge in [-0.15, -0.1) is 0 Å². The molecule has 0 heterocycles. The minimum absolute atomic E-state index is 0.0759. The second-order valence-corrected chi connectivity index (χ2v) is 5.04. The van der Waals surface area contributed by atoms with E-state index in [1.165, 1.54) is 0 Å². The first-order valence-electron chi connectivity index (χ1n) is 7.22. The zero-order chi connectivity index (χ0) is 14.3. The second-order valence-electron chi connectivity index (χ2n) is 5.04. The minimum Gasteiger partial charge on any atom is -0.491 e. The monoisotopic (exact) mass is 265 g/mol. The third kappa shape index (κ3) is 5.21. The van der Waals surface area contributed by atoms with Gasteiger partial charge < -0.3 is 15.2 Å². The normalized spacial score (nSPS) is 14.4. The topological polar surface area (TPSA) is 44.5 Å². The molecule has 2 atom stereocenters. The maximum Gasteiger partial charge on any atom is 0.119 e. The van der Waals surface area contributed by atoms with Crippen molar-refractivity contribution < 1.29 is 9.47 Å². The van der Waals surface area contributed by atoms with E-state index in [0.717, 1.165) is 24.2 Å². The molecule has 1 rings (SSSR count). The van der Waals surface area contributed by atoms with Gasteiger partial charge in [-0.25, -0.2) is 0 Å². The quantitative estimate of drug-likeness (QED) is 0.780. The molecule has 0 fully saturated rings. The number of hydrogen-bond acceptors (Lipinski definition) is 3. The highest BCUT2D eigenvalue weighted by atomic mass is 16.5. The summed E-state index contributed by atoms with van der Waals surface area (Å²) in [7, 11) is 0. The number of rotatable bonds is 8. The Bertz CT molecular complexity index is 342. The van der Waals surface area contributed by atoms with Crippen LogP contribution in [-0.2, 0) is 4.74 Å². The van der Waals surface area contributed by atoms with Gasteiger partial charge >= 0.3 is 0 Å². The average molecular weight is 265 g/mol. The molecule has 2 unspecified atom stereocenters. The Morgan fingerprint density at radius 1 is 1.11 bits per heavy atom. The minimum atomic E-state index is -0.0759. The van der Waals surface area contributed by atoms with Crippen LogP contribution in [0.25, 0.3) is 0 Å². The summed E-state index contributed by atoms with van der Waals surface area (Å²) in [5, 5.41) is 0. The summed E-state index contributed by atoms with van der Waals surface area (Å²) in [5.74, 6) is 0.884. The zero-order valence-corrected chi connectivity index (χ0v) is 12.6. The Morgan fingerprint density at radius 2 is 1.74 bits per heavy atom. The third-order valence-electron chi connectivity index (χ3n) is 2.99. The molecule has 0 saturated heterocycles. The van der Waals surface area contributed by atoms with Gasteiger partial charge in [-0.05, 0) is 44.9 Å². The molecule has 0 spiro atoms. The number of hydrogen-bond donors (Lipinski definition) is 1. The molecule has 0 saturated carbocycles. The maximum absolute atomic E-state index is 6.30. The molecule has 0 amide bonds. The Balaban J connectivity index is 2.72. The predicted molar refractivity (Wildman–Crippen MR) is 79.5 cm³/mol. The van der Waals surface area contributed by atoms with Gasteiger partial charge in [0.25, 0.3) is 0 Å². The molecule has 0 aliphatic carbocycles. The molecule has 0 aromatic heterocycles. The highest BCUT2D eigenvalue weighted by molar-refractivity contribution is 5.29. The number of benzene rings is 1. The van der Waals surface area contributed by atoms with Crippen molar-refractivity contribution in [2.45, 2.75) is 58.8 Å². The summed E-state index contributed by atoms with van der Waals surface area (Å²) in [5.41, 5.74) is 7.40. The molecule has 0 radical (unpaired) electrons. The summed E-state index contributed by atoms with van der Waals surface area (Å²) in [6.07, 6.45) is 2.34. The highest BCUT2D eigenvalue weighted by Gasteiger charge is 2.19. The summed E-state index contributed by atoms with van der Waals surface area (Å²) >= 11 is 0. The van der Waals surface area contributed by atoms with Crippen LogP contribution in [0.5, 0.6) is 5.75 Å². The fraction of sp³-hybridized carbons (Fsp3) is 0.625. The molecule has 1 aromatic carbocycles. The van der Waals surface area contributed by atoms with Crippen molar-refractivity contribution in [3.05, 3.63) is 29.8 Å². The number of nitrogens with two attached hydrogens (primary N) is 1. The van der Waals surface area contributed by atoms with E-state index < -0.39 is 0 Å². The molecular weight excluding hydrogens is 238 g/mol. The molecule has 2 N–H and O–H groups in total. The Hall–Kier alpha value is -1.06. The van der Waals surface area contributed by atoms with Crippen LogP contribution < -0.4 is 10.5 Å². The molecule has 3 heteroatoms. The van der Waals surface area contributed by atoms with Crippen LogP contribution in [0.2, 0.25) is 0 Å². The van der Waals surface area contributed by atoms with Gasteiger partial charge in [-0.2, -0.15) is 0 Å². The molecular formula is C16H27NO2. The first-order valence-corrected chi connectivity index (χ1v) is 7.22. The summed E-state index contributed by atoms with van der Waals surface area (Å²) in [6.45, 7) is 8.90. The first-order chi connectivity index (χ1) is 9.08. The molecule has 19 heavy (non-hydrogen) atoms. The lowest BCUT2D eigenvalue weighted by molar-refractivity contribution is 0.0374. The Kier molecular flexibility index (Phi) is 6.89. The van der Waals surface area contributed by atoms with E-state index in [0.29, 0.717) is 6.61 Å². The maximum atomic E-state index is 6.30. The smallest absolute Gasteiger partial charge is 0.119 e. The van der Waals surface area contributed by atoms with E-state index in [1.807, 2.05) is 45.0 Å². The van der Waals surface area contributed by atoms with Crippen LogP contribution in [0, 0.1) is 0 Å². The van der Waals surface area contributed by atoms with Crippen LogP contribution in [-0.4, -0.2) is 18.8 Å². The van der Waals surface area contributed by atoms with E-state index in [2.05, 4.69) is 6.92 Å². The second kappa shape index (κ2) is 8.18. The fourth-order valence-corrected chi connectivity index (χ4v) is 2.12. The first kappa shape index (κ1) is 16.0. The van der Waals surface area contributed by atoms with Gasteiger partial charge in [-0.1, -0.05) is 25.5 Å². The van der Waals surface area contributed by atoms with Crippen LogP contribution in [0.1, 0.15) is 52.1 Å². The van der Waals surface area contributed by atoms with Gasteiger partial charge in [0, 0.05) is 6.61 Å². The largest absolute Gasteiger partial charge is 0.491 e. The van der Waals surface area contributed by atoms with E-state index in [1.54, 1.807) is 0 Å². The molecule has 0 aliphatic heterocycles. The van der Waals surface area contributed by atoms with Crippen molar-refractivity contribution >= 4 is 0 Å². The summed E-state index contributed by atoms with van der Waals surface area (Å²) < 4.78 is 11.4. The van der Waals surface area contributed by atoms with Gasteiger partial charge in [0.1, 0.15) is 5.75 Å². The van der Waals surface area contributed by atoms with Crippen LogP contribution in [0.3, 0.4) is 0 Å². The molecule has 0 bridgehead atoms. The predicted octanol–water partition coefficient (Wildman–Crippen LogP) is 3.68. The van der Waals surface area contributed by atoms with Crippen molar-refractivity contribution in [1.82, 2.24) is 0 Å². The Labute approximate surface area is 117 Å². The van der Waals surface area contributed by atoms with Crippen molar-refractivity contribution in [2.75, 3.05) is 6.61 Å². The molecule has 108 valence electrons. The van der Waals surface area contributed by atoms with Gasteiger partial charge in [0.15, 0.2) is 0 Å². The summed E-state index contributed by atoms with van der Waals surface area (Å²) in [4.78, 5) is 0. The standard InChI is InChI=1S/C16H27NO2/c1-5-7-15(18-6-2)16(17)13-8-10-14(11-9-13)19-12(3)4/h8-12,15-16H,5-7,17H2,1-4H3. The lowest BCUT2D eigenvalue weighted by atomic mass is 9.99. The highest BCUT2D eigenvalue weighted by Crippen LogP contribution is 2.23. The van der Waals surface area contributed by atoms with Gasteiger partial charge in [0.05, 0.1) is 18.2 Å². The van der Waals surface area contributed by atoms with Crippen molar-refractivity contribution in [2.24, 2.45) is 5.73 Å².